The quantitative estimate of drug-likeness (QED) is 0.936. The molecule has 1 aliphatic carbocycles. The predicted octanol–water partition coefficient (Wildman–Crippen LogP) is 3.26. The number of hydrogen-bond donors (Lipinski definition) is 1. The summed E-state index contributed by atoms with van der Waals surface area (Å²) in [5, 5.41) is 4.49. The molecule has 2 aromatic rings. The number of rotatable bonds is 4. The summed E-state index contributed by atoms with van der Waals surface area (Å²) in [6.45, 7) is 1.66. The summed E-state index contributed by atoms with van der Waals surface area (Å²) < 4.78 is 5.80. The molecule has 1 fully saturated rings. The van der Waals surface area contributed by atoms with E-state index < -0.39 is 0 Å². The van der Waals surface area contributed by atoms with Crippen molar-refractivity contribution in [3.8, 4) is 5.75 Å². The lowest BCUT2D eigenvalue weighted by Gasteiger charge is -2.03. The van der Waals surface area contributed by atoms with Crippen molar-refractivity contribution in [2.45, 2.75) is 31.2 Å². The lowest BCUT2D eigenvalue weighted by molar-refractivity contribution is 0.343. The number of fused-ring (bicyclic) bond motifs is 1. The van der Waals surface area contributed by atoms with E-state index in [1.165, 1.54) is 34.0 Å². The van der Waals surface area contributed by atoms with Gasteiger partial charge in [-0.25, -0.2) is 4.98 Å². The lowest BCUT2D eigenvalue weighted by Crippen LogP contribution is -2.05. The highest BCUT2D eigenvalue weighted by molar-refractivity contribution is 7.11. The van der Waals surface area contributed by atoms with Crippen molar-refractivity contribution in [2.75, 3.05) is 13.7 Å². The first-order valence-electron chi connectivity index (χ1n) is 7.22. The third-order valence-electron chi connectivity index (χ3n) is 4.04. The minimum Gasteiger partial charge on any atom is -0.492 e. The molecule has 1 aromatic carbocycles. The third-order valence-corrected chi connectivity index (χ3v) is 5.23. The van der Waals surface area contributed by atoms with Gasteiger partial charge in [0.15, 0.2) is 0 Å². The van der Waals surface area contributed by atoms with Gasteiger partial charge in [-0.3, -0.25) is 0 Å². The van der Waals surface area contributed by atoms with Crippen LogP contribution in [-0.2, 0) is 6.54 Å². The maximum absolute atomic E-state index is 5.80. The van der Waals surface area contributed by atoms with E-state index in [9.17, 15) is 0 Å². The second-order valence-corrected chi connectivity index (χ2v) is 6.68. The Kier molecular flexibility index (Phi) is 3.00. The molecule has 0 spiro atoms. The van der Waals surface area contributed by atoms with Gasteiger partial charge < -0.3 is 10.1 Å². The molecule has 0 amide bonds. The highest BCUT2D eigenvalue weighted by atomic mass is 32.1. The maximum Gasteiger partial charge on any atom is 0.123 e. The second-order valence-electron chi connectivity index (χ2n) is 5.57. The number of thiazole rings is 1. The Balaban J connectivity index is 1.71. The second kappa shape index (κ2) is 4.86. The van der Waals surface area contributed by atoms with Gasteiger partial charge in [0.2, 0.25) is 0 Å². The summed E-state index contributed by atoms with van der Waals surface area (Å²) in [5.74, 6) is 2.05. The van der Waals surface area contributed by atoms with Crippen LogP contribution in [0.2, 0.25) is 0 Å². The normalized spacial score (nSPS) is 20.8. The number of aromatic nitrogens is 1. The number of benzene rings is 1. The average Bonchev–Trinajstić information content (AvgIpc) is 3.09. The minimum absolute atomic E-state index is 0.319. The summed E-state index contributed by atoms with van der Waals surface area (Å²) in [6, 6.07) is 8.34. The van der Waals surface area contributed by atoms with Gasteiger partial charge in [-0.15, -0.1) is 11.3 Å². The Morgan fingerprint density at radius 3 is 3.00 bits per heavy atom. The van der Waals surface area contributed by atoms with Crippen LogP contribution >= 0.6 is 11.3 Å². The fourth-order valence-corrected chi connectivity index (χ4v) is 4.13. The molecule has 104 valence electrons. The Hall–Kier alpha value is -1.39. The van der Waals surface area contributed by atoms with Crippen molar-refractivity contribution in [3.63, 3.8) is 0 Å². The predicted molar refractivity (Wildman–Crippen MR) is 80.6 cm³/mol. The summed E-state index contributed by atoms with van der Waals surface area (Å²) in [5.41, 5.74) is 2.63. The monoisotopic (exact) mass is 286 g/mol. The van der Waals surface area contributed by atoms with Gasteiger partial charge in [0.1, 0.15) is 17.4 Å². The molecule has 1 aliphatic heterocycles. The van der Waals surface area contributed by atoms with E-state index in [1.54, 1.807) is 0 Å². The van der Waals surface area contributed by atoms with Crippen LogP contribution in [0.25, 0.3) is 0 Å². The van der Waals surface area contributed by atoms with Crippen LogP contribution in [0.5, 0.6) is 5.75 Å². The maximum atomic E-state index is 5.80. The molecule has 3 nitrogen and oxygen atoms in total. The Morgan fingerprint density at radius 1 is 1.35 bits per heavy atom. The number of ether oxygens (including phenoxy) is 1. The topological polar surface area (TPSA) is 34.1 Å². The summed E-state index contributed by atoms with van der Waals surface area (Å²) in [6.07, 6.45) is 2.61. The van der Waals surface area contributed by atoms with Crippen LogP contribution in [0.4, 0.5) is 0 Å². The summed E-state index contributed by atoms with van der Waals surface area (Å²) in [7, 11) is 2.00. The highest BCUT2D eigenvalue weighted by Gasteiger charge is 2.33. The Bertz CT molecular complexity index is 633. The molecule has 1 saturated carbocycles. The number of para-hydroxylation sites is 1. The standard InChI is InChI=1S/C16H18N2OS/c1-17-8-14-15(10-6-7-10)18-16(20-14)12-9-19-13-5-3-2-4-11(12)13/h2-5,10,12,17H,6-9H2,1H3. The molecule has 20 heavy (non-hydrogen) atoms. The SMILES string of the molecule is CNCc1sc(C2COc3ccccc32)nc1C1CC1. The molecule has 0 radical (unpaired) electrons. The molecule has 4 heteroatoms. The van der Waals surface area contributed by atoms with Crippen LogP contribution in [0.1, 0.15) is 45.8 Å². The lowest BCUT2D eigenvalue weighted by atomic mass is 10.0. The van der Waals surface area contributed by atoms with Crippen LogP contribution in [0, 0.1) is 0 Å². The third kappa shape index (κ3) is 2.03. The van der Waals surface area contributed by atoms with Crippen molar-refractivity contribution >= 4 is 11.3 Å². The Morgan fingerprint density at radius 2 is 2.20 bits per heavy atom. The summed E-state index contributed by atoms with van der Waals surface area (Å²) in [4.78, 5) is 6.38. The zero-order chi connectivity index (χ0) is 13.5. The molecule has 2 aliphatic rings. The zero-order valence-corrected chi connectivity index (χ0v) is 12.4. The van der Waals surface area contributed by atoms with Gasteiger partial charge in [-0.1, -0.05) is 18.2 Å². The largest absolute Gasteiger partial charge is 0.492 e. The zero-order valence-electron chi connectivity index (χ0n) is 11.6. The van der Waals surface area contributed by atoms with Crippen molar-refractivity contribution in [3.05, 3.63) is 45.4 Å². The van der Waals surface area contributed by atoms with E-state index in [4.69, 9.17) is 9.72 Å². The molecule has 1 unspecified atom stereocenters. The van der Waals surface area contributed by atoms with Crippen LogP contribution < -0.4 is 10.1 Å². The molecular weight excluding hydrogens is 268 g/mol. The molecule has 2 heterocycles. The van der Waals surface area contributed by atoms with Gasteiger partial charge in [-0.05, 0) is 26.0 Å². The van der Waals surface area contributed by atoms with E-state index >= 15 is 0 Å². The van der Waals surface area contributed by atoms with Crippen LogP contribution in [-0.4, -0.2) is 18.6 Å². The van der Waals surface area contributed by atoms with Crippen molar-refractivity contribution in [2.24, 2.45) is 0 Å². The van der Waals surface area contributed by atoms with Gasteiger partial charge >= 0.3 is 0 Å². The van der Waals surface area contributed by atoms with E-state index in [0.717, 1.165) is 18.9 Å². The highest BCUT2D eigenvalue weighted by Crippen LogP contribution is 2.46. The van der Waals surface area contributed by atoms with E-state index in [-0.39, 0.29) is 0 Å². The number of hydrogen-bond acceptors (Lipinski definition) is 4. The fraction of sp³-hybridized carbons (Fsp3) is 0.438. The van der Waals surface area contributed by atoms with Crippen LogP contribution in [0.15, 0.2) is 24.3 Å². The first-order chi connectivity index (χ1) is 9.86. The molecule has 1 N–H and O–H groups in total. The van der Waals surface area contributed by atoms with E-state index in [2.05, 4.69) is 23.5 Å². The first kappa shape index (κ1) is 12.4. The van der Waals surface area contributed by atoms with E-state index in [1.807, 2.05) is 24.5 Å². The minimum atomic E-state index is 0.319. The number of nitrogens with zero attached hydrogens (tertiary/aromatic N) is 1. The van der Waals surface area contributed by atoms with Crippen LogP contribution in [0.3, 0.4) is 0 Å². The molecular formula is C16H18N2OS. The first-order valence-corrected chi connectivity index (χ1v) is 8.04. The Labute approximate surface area is 123 Å². The van der Waals surface area contributed by atoms with Crippen molar-refractivity contribution in [1.82, 2.24) is 10.3 Å². The van der Waals surface area contributed by atoms with E-state index in [0.29, 0.717) is 11.8 Å². The molecule has 1 atom stereocenters. The molecule has 1 aromatic heterocycles. The van der Waals surface area contributed by atoms with Crippen molar-refractivity contribution in [1.29, 1.82) is 0 Å². The molecule has 0 saturated heterocycles. The molecule has 0 bridgehead atoms. The smallest absolute Gasteiger partial charge is 0.123 e. The van der Waals surface area contributed by atoms with Gasteiger partial charge in [0.05, 0.1) is 11.6 Å². The van der Waals surface area contributed by atoms with Crippen molar-refractivity contribution < 1.29 is 4.74 Å². The van der Waals surface area contributed by atoms with Gasteiger partial charge in [-0.2, -0.15) is 0 Å². The summed E-state index contributed by atoms with van der Waals surface area (Å²) >= 11 is 1.86. The molecule has 4 rings (SSSR count). The fourth-order valence-electron chi connectivity index (χ4n) is 2.86. The van der Waals surface area contributed by atoms with Gasteiger partial charge in [0.25, 0.3) is 0 Å². The van der Waals surface area contributed by atoms with Gasteiger partial charge in [0, 0.05) is 22.9 Å². The number of nitrogens with one attached hydrogen (secondary N) is 1. The average molecular weight is 286 g/mol.